The molecule has 1 aliphatic carbocycles. The van der Waals surface area contributed by atoms with Crippen molar-refractivity contribution in [1.29, 1.82) is 0 Å². The van der Waals surface area contributed by atoms with E-state index in [1.165, 1.54) is 45.2 Å². The van der Waals surface area contributed by atoms with Crippen LogP contribution in [0, 0.1) is 5.41 Å². The normalized spacial score (nSPS) is 27.6. The quantitative estimate of drug-likeness (QED) is 0.763. The van der Waals surface area contributed by atoms with Crippen LogP contribution in [0.5, 0.6) is 0 Å². The van der Waals surface area contributed by atoms with Crippen molar-refractivity contribution in [3.63, 3.8) is 0 Å². The number of aliphatic hydroxyl groups excluding tert-OH is 1. The van der Waals surface area contributed by atoms with Gasteiger partial charge < -0.3 is 9.84 Å². The maximum absolute atomic E-state index is 9.26. The average molecular weight is 213 g/mol. The summed E-state index contributed by atoms with van der Waals surface area (Å²) in [5.41, 5.74) is 0.611. The third-order valence-electron chi connectivity index (χ3n) is 4.08. The van der Waals surface area contributed by atoms with Gasteiger partial charge >= 0.3 is 0 Å². The molecule has 0 aromatic carbocycles. The van der Waals surface area contributed by atoms with Crippen molar-refractivity contribution >= 4 is 0 Å². The molecule has 1 saturated heterocycles. The molecule has 1 aliphatic heterocycles. The van der Waals surface area contributed by atoms with Crippen LogP contribution in [0.3, 0.4) is 0 Å². The van der Waals surface area contributed by atoms with Gasteiger partial charge in [-0.05, 0) is 18.3 Å². The van der Waals surface area contributed by atoms with E-state index in [1.54, 1.807) is 7.11 Å². The number of methoxy groups -OCH3 is 1. The third kappa shape index (κ3) is 2.35. The highest BCUT2D eigenvalue weighted by Gasteiger charge is 2.45. The number of nitrogens with zero attached hydrogens (tertiary/aromatic N) is 1. The predicted octanol–water partition coefficient (Wildman–Crippen LogP) is 1.26. The van der Waals surface area contributed by atoms with E-state index in [1.807, 2.05) is 0 Å². The van der Waals surface area contributed by atoms with Gasteiger partial charge in [0.1, 0.15) is 0 Å². The molecular weight excluding hydrogens is 190 g/mol. The molecule has 3 nitrogen and oxygen atoms in total. The van der Waals surface area contributed by atoms with Crippen LogP contribution in [0.25, 0.3) is 0 Å². The average Bonchev–Trinajstić information content (AvgIpc) is 2.24. The summed E-state index contributed by atoms with van der Waals surface area (Å²) in [7, 11) is 1.71. The first kappa shape index (κ1) is 11.4. The van der Waals surface area contributed by atoms with Crippen molar-refractivity contribution in [3.8, 4) is 0 Å². The predicted molar refractivity (Wildman–Crippen MR) is 59.8 cm³/mol. The molecule has 2 aliphatic rings. The molecule has 2 rings (SSSR count). The molecule has 3 heteroatoms. The Bertz CT molecular complexity index is 194. The Morgan fingerprint density at radius 3 is 2.47 bits per heavy atom. The summed E-state index contributed by atoms with van der Waals surface area (Å²) in [6.45, 7) is 3.25. The highest BCUT2D eigenvalue weighted by molar-refractivity contribution is 4.98. The van der Waals surface area contributed by atoms with E-state index in [4.69, 9.17) is 4.74 Å². The summed E-state index contributed by atoms with van der Waals surface area (Å²) in [6, 6.07) is 0.225. The van der Waals surface area contributed by atoms with Gasteiger partial charge in [-0.25, -0.2) is 0 Å². The highest BCUT2D eigenvalue weighted by Crippen LogP contribution is 2.44. The molecule has 0 radical (unpaired) electrons. The molecule has 1 N–H and O–H groups in total. The van der Waals surface area contributed by atoms with Gasteiger partial charge in [0.05, 0.1) is 19.3 Å². The minimum absolute atomic E-state index is 0.225. The zero-order valence-electron chi connectivity index (χ0n) is 9.74. The van der Waals surface area contributed by atoms with Gasteiger partial charge in [-0.3, -0.25) is 4.90 Å². The lowest BCUT2D eigenvalue weighted by atomic mass is 9.68. The summed E-state index contributed by atoms with van der Waals surface area (Å²) in [6.07, 6.45) is 7.02. The number of rotatable bonds is 4. The second-order valence-electron chi connectivity index (χ2n) is 5.26. The first-order valence-electron chi connectivity index (χ1n) is 6.13. The van der Waals surface area contributed by atoms with E-state index >= 15 is 0 Å². The zero-order valence-corrected chi connectivity index (χ0v) is 9.74. The maximum atomic E-state index is 9.26. The topological polar surface area (TPSA) is 32.7 Å². The molecule has 0 amide bonds. The lowest BCUT2D eigenvalue weighted by Crippen LogP contribution is -2.62. The highest BCUT2D eigenvalue weighted by atomic mass is 16.5. The number of hydrogen-bond donors (Lipinski definition) is 1. The molecule has 2 fully saturated rings. The molecule has 1 unspecified atom stereocenters. The number of ether oxygens (including phenoxy) is 1. The smallest absolute Gasteiger partial charge is 0.0640 e. The van der Waals surface area contributed by atoms with Crippen LogP contribution < -0.4 is 0 Å². The minimum Gasteiger partial charge on any atom is -0.395 e. The lowest BCUT2D eigenvalue weighted by molar-refractivity contribution is -0.0823. The lowest BCUT2D eigenvalue weighted by Gasteiger charge is -2.55. The zero-order chi connectivity index (χ0) is 10.7. The molecule has 0 aromatic heterocycles. The van der Waals surface area contributed by atoms with Crippen molar-refractivity contribution < 1.29 is 9.84 Å². The van der Waals surface area contributed by atoms with Crippen LogP contribution in [-0.4, -0.2) is 49.5 Å². The molecule has 1 spiro atoms. The Labute approximate surface area is 92.4 Å². The molecule has 88 valence electrons. The number of likely N-dealkylation sites (tertiary alicyclic amines) is 1. The molecular formula is C12H23NO2. The van der Waals surface area contributed by atoms with Gasteiger partial charge in [0.25, 0.3) is 0 Å². The fourth-order valence-electron chi connectivity index (χ4n) is 3.16. The molecule has 1 saturated carbocycles. The van der Waals surface area contributed by atoms with E-state index in [9.17, 15) is 5.11 Å². The van der Waals surface area contributed by atoms with Crippen LogP contribution in [0.15, 0.2) is 0 Å². The fraction of sp³-hybridized carbons (Fsp3) is 1.00. The Morgan fingerprint density at radius 1 is 1.27 bits per heavy atom. The second kappa shape index (κ2) is 4.81. The molecule has 1 heterocycles. The van der Waals surface area contributed by atoms with E-state index in [0.717, 1.165) is 0 Å². The van der Waals surface area contributed by atoms with E-state index in [2.05, 4.69) is 4.90 Å². The van der Waals surface area contributed by atoms with Gasteiger partial charge in [0, 0.05) is 20.2 Å². The van der Waals surface area contributed by atoms with Crippen LogP contribution in [0.4, 0.5) is 0 Å². The summed E-state index contributed by atoms with van der Waals surface area (Å²) in [4.78, 5) is 2.38. The van der Waals surface area contributed by atoms with Crippen LogP contribution in [0.2, 0.25) is 0 Å². The van der Waals surface area contributed by atoms with E-state index in [0.29, 0.717) is 12.0 Å². The van der Waals surface area contributed by atoms with Crippen LogP contribution in [0.1, 0.15) is 32.1 Å². The number of hydrogen-bond acceptors (Lipinski definition) is 3. The third-order valence-corrected chi connectivity index (χ3v) is 4.08. The van der Waals surface area contributed by atoms with Gasteiger partial charge in [0.2, 0.25) is 0 Å². The monoisotopic (exact) mass is 213 g/mol. The SMILES string of the molecule is COCC(CO)N1CC2(CCCCC2)C1. The summed E-state index contributed by atoms with van der Waals surface area (Å²) >= 11 is 0. The van der Waals surface area contributed by atoms with Crippen LogP contribution >= 0.6 is 0 Å². The first-order chi connectivity index (χ1) is 7.29. The molecule has 15 heavy (non-hydrogen) atoms. The molecule has 0 aromatic rings. The summed E-state index contributed by atoms with van der Waals surface area (Å²) in [5, 5.41) is 9.26. The van der Waals surface area contributed by atoms with E-state index < -0.39 is 0 Å². The van der Waals surface area contributed by atoms with Gasteiger partial charge in [0.15, 0.2) is 0 Å². The van der Waals surface area contributed by atoms with Gasteiger partial charge in [-0.2, -0.15) is 0 Å². The largest absolute Gasteiger partial charge is 0.395 e. The van der Waals surface area contributed by atoms with Crippen molar-refractivity contribution in [1.82, 2.24) is 4.90 Å². The minimum atomic E-state index is 0.225. The Morgan fingerprint density at radius 2 is 1.93 bits per heavy atom. The number of aliphatic hydroxyl groups is 1. The summed E-state index contributed by atoms with van der Waals surface area (Å²) < 4.78 is 5.13. The Hall–Kier alpha value is -0.120. The molecule has 0 bridgehead atoms. The van der Waals surface area contributed by atoms with Gasteiger partial charge in [-0.1, -0.05) is 19.3 Å². The molecule has 1 atom stereocenters. The maximum Gasteiger partial charge on any atom is 0.0640 e. The Kier molecular flexibility index (Phi) is 3.65. The van der Waals surface area contributed by atoms with E-state index in [-0.39, 0.29) is 12.6 Å². The second-order valence-corrected chi connectivity index (χ2v) is 5.26. The summed E-state index contributed by atoms with van der Waals surface area (Å²) in [5.74, 6) is 0. The fourth-order valence-corrected chi connectivity index (χ4v) is 3.16. The standard InChI is InChI=1S/C12H23NO2/c1-15-8-11(7-14)13-9-12(10-13)5-3-2-4-6-12/h11,14H,2-10H2,1H3. The Balaban J connectivity index is 1.80. The van der Waals surface area contributed by atoms with Crippen molar-refractivity contribution in [3.05, 3.63) is 0 Å². The van der Waals surface area contributed by atoms with Crippen LogP contribution in [-0.2, 0) is 4.74 Å². The van der Waals surface area contributed by atoms with Crippen molar-refractivity contribution in [2.24, 2.45) is 5.41 Å². The van der Waals surface area contributed by atoms with Crippen molar-refractivity contribution in [2.45, 2.75) is 38.1 Å². The first-order valence-corrected chi connectivity index (χ1v) is 6.13. The van der Waals surface area contributed by atoms with Crippen molar-refractivity contribution in [2.75, 3.05) is 33.4 Å². The van der Waals surface area contributed by atoms with Gasteiger partial charge in [-0.15, -0.1) is 0 Å².